The Kier molecular flexibility index (Phi) is 15.9. The Bertz CT molecular complexity index is 733. The second-order valence-electron chi connectivity index (χ2n) is 10.3. The van der Waals surface area contributed by atoms with Crippen molar-refractivity contribution in [2.75, 3.05) is 18.8 Å². The van der Waals surface area contributed by atoms with E-state index >= 15 is 0 Å². The van der Waals surface area contributed by atoms with Crippen molar-refractivity contribution in [1.29, 1.82) is 5.41 Å². The van der Waals surface area contributed by atoms with Gasteiger partial charge < -0.3 is 25.4 Å². The standard InChI is InChI=1S/C24H45N5O6S/c1-17(30)36-16-11-9-8-10-14-26-19(31)18(28-21(32)34-23(2,3)4)13-12-15-27-20(25)29-22(33)35-24(5,6)7/h18H,8-16H2,1-7H3,(H,26,31)(H,28,32)(H3,25,27,29,33). The summed E-state index contributed by atoms with van der Waals surface area (Å²) in [6.45, 7) is 12.7. The Labute approximate surface area is 219 Å². The van der Waals surface area contributed by atoms with E-state index in [2.05, 4.69) is 21.3 Å². The zero-order chi connectivity index (χ0) is 27.8. The van der Waals surface area contributed by atoms with Gasteiger partial charge in [0.1, 0.15) is 17.2 Å². The third kappa shape index (κ3) is 20.8. The van der Waals surface area contributed by atoms with Crippen LogP contribution in [0.2, 0.25) is 0 Å². The van der Waals surface area contributed by atoms with Crippen molar-refractivity contribution in [3.05, 3.63) is 0 Å². The largest absolute Gasteiger partial charge is 0.444 e. The van der Waals surface area contributed by atoms with E-state index in [1.807, 2.05) is 0 Å². The summed E-state index contributed by atoms with van der Waals surface area (Å²) in [6, 6.07) is -0.804. The Hall–Kier alpha value is -2.50. The van der Waals surface area contributed by atoms with E-state index in [9.17, 15) is 19.2 Å². The van der Waals surface area contributed by atoms with Crippen molar-refractivity contribution < 1.29 is 28.7 Å². The highest BCUT2D eigenvalue weighted by Gasteiger charge is 2.24. The van der Waals surface area contributed by atoms with Crippen LogP contribution in [0.25, 0.3) is 0 Å². The zero-order valence-electron chi connectivity index (χ0n) is 22.8. The van der Waals surface area contributed by atoms with Gasteiger partial charge in [0.25, 0.3) is 0 Å². The number of alkyl carbamates (subject to hydrolysis) is 2. The highest BCUT2D eigenvalue weighted by Crippen LogP contribution is 2.09. The molecule has 0 saturated heterocycles. The van der Waals surface area contributed by atoms with Crippen molar-refractivity contribution in [1.82, 2.24) is 21.3 Å². The molecular weight excluding hydrogens is 486 g/mol. The Morgan fingerprint density at radius 1 is 0.806 bits per heavy atom. The molecule has 12 heteroatoms. The fourth-order valence-corrected chi connectivity index (χ4v) is 3.46. The maximum Gasteiger partial charge on any atom is 0.414 e. The molecule has 0 heterocycles. The molecule has 208 valence electrons. The summed E-state index contributed by atoms with van der Waals surface area (Å²) >= 11 is 1.32. The van der Waals surface area contributed by atoms with Crippen molar-refractivity contribution in [2.24, 2.45) is 0 Å². The molecule has 0 rings (SSSR count). The SMILES string of the molecule is CC(=O)SCCCCCCNC(=O)C(CCCNC(=N)NC(=O)OC(C)(C)C)NC(=O)OC(C)(C)C. The molecule has 11 nitrogen and oxygen atoms in total. The molecule has 1 unspecified atom stereocenters. The Morgan fingerprint density at radius 3 is 1.94 bits per heavy atom. The summed E-state index contributed by atoms with van der Waals surface area (Å²) in [6.07, 6.45) is 2.99. The Balaban J connectivity index is 4.54. The molecule has 1 atom stereocenters. The molecule has 0 aromatic carbocycles. The van der Waals surface area contributed by atoms with Gasteiger partial charge in [-0.1, -0.05) is 24.6 Å². The predicted molar refractivity (Wildman–Crippen MR) is 142 cm³/mol. The molecule has 0 aliphatic heterocycles. The first kappa shape index (κ1) is 33.5. The van der Waals surface area contributed by atoms with E-state index in [0.717, 1.165) is 31.4 Å². The van der Waals surface area contributed by atoms with Gasteiger partial charge in [0.2, 0.25) is 5.91 Å². The minimum Gasteiger partial charge on any atom is -0.444 e. The molecule has 0 fully saturated rings. The van der Waals surface area contributed by atoms with Crippen molar-refractivity contribution in [3.63, 3.8) is 0 Å². The molecule has 0 aliphatic carbocycles. The molecule has 0 aliphatic rings. The van der Waals surface area contributed by atoms with E-state index in [-0.39, 0.29) is 17.0 Å². The number of amides is 3. The molecule has 0 saturated carbocycles. The van der Waals surface area contributed by atoms with Crippen LogP contribution in [0.3, 0.4) is 0 Å². The molecule has 5 N–H and O–H groups in total. The molecular formula is C24H45N5O6S. The maximum absolute atomic E-state index is 12.7. The van der Waals surface area contributed by atoms with Gasteiger partial charge in [0.05, 0.1) is 0 Å². The second-order valence-corrected chi connectivity index (χ2v) is 11.6. The fourth-order valence-electron chi connectivity index (χ4n) is 2.82. The van der Waals surface area contributed by atoms with Gasteiger partial charge in [0.15, 0.2) is 11.1 Å². The molecule has 0 aromatic rings. The topological polar surface area (TPSA) is 159 Å². The lowest BCUT2D eigenvalue weighted by Gasteiger charge is -2.23. The number of thioether (sulfide) groups is 1. The van der Waals surface area contributed by atoms with Gasteiger partial charge in [-0.3, -0.25) is 20.3 Å². The monoisotopic (exact) mass is 531 g/mol. The van der Waals surface area contributed by atoms with Crippen LogP contribution < -0.4 is 21.3 Å². The van der Waals surface area contributed by atoms with E-state index < -0.39 is 29.4 Å². The minimum atomic E-state index is -0.804. The maximum atomic E-state index is 12.7. The van der Waals surface area contributed by atoms with E-state index in [1.165, 1.54) is 11.8 Å². The lowest BCUT2D eigenvalue weighted by molar-refractivity contribution is -0.123. The third-order valence-corrected chi connectivity index (χ3v) is 5.18. The van der Waals surface area contributed by atoms with E-state index in [0.29, 0.717) is 25.9 Å². The molecule has 0 bridgehead atoms. The van der Waals surface area contributed by atoms with Gasteiger partial charge in [-0.05, 0) is 67.2 Å². The van der Waals surface area contributed by atoms with Crippen molar-refractivity contribution in [2.45, 2.75) is 104 Å². The third-order valence-electron chi connectivity index (χ3n) is 4.28. The first-order chi connectivity index (χ1) is 16.6. The summed E-state index contributed by atoms with van der Waals surface area (Å²) in [4.78, 5) is 47.6. The lowest BCUT2D eigenvalue weighted by Crippen LogP contribution is -2.49. The highest BCUT2D eigenvalue weighted by atomic mass is 32.2. The zero-order valence-corrected chi connectivity index (χ0v) is 23.6. The van der Waals surface area contributed by atoms with E-state index in [4.69, 9.17) is 14.9 Å². The van der Waals surface area contributed by atoms with Crippen LogP contribution in [0, 0.1) is 5.41 Å². The van der Waals surface area contributed by atoms with Crippen LogP contribution >= 0.6 is 11.8 Å². The van der Waals surface area contributed by atoms with Gasteiger partial charge in [0, 0.05) is 25.8 Å². The number of hydrogen-bond donors (Lipinski definition) is 5. The number of carbonyl (C=O) groups excluding carboxylic acids is 4. The van der Waals surface area contributed by atoms with Gasteiger partial charge in [-0.25, -0.2) is 9.59 Å². The van der Waals surface area contributed by atoms with Crippen LogP contribution in [-0.2, 0) is 19.1 Å². The highest BCUT2D eigenvalue weighted by molar-refractivity contribution is 8.13. The van der Waals surface area contributed by atoms with Crippen LogP contribution in [0.1, 0.15) is 87.0 Å². The fraction of sp³-hybridized carbons (Fsp3) is 0.792. The molecule has 0 radical (unpaired) electrons. The molecule has 0 aromatic heterocycles. The first-order valence-electron chi connectivity index (χ1n) is 12.3. The van der Waals surface area contributed by atoms with Gasteiger partial charge in [-0.2, -0.15) is 0 Å². The Morgan fingerprint density at radius 2 is 1.36 bits per heavy atom. The van der Waals surface area contributed by atoms with E-state index in [1.54, 1.807) is 48.5 Å². The number of hydrogen-bond acceptors (Lipinski definition) is 8. The normalized spacial score (nSPS) is 12.2. The summed E-state index contributed by atoms with van der Waals surface area (Å²) in [7, 11) is 0. The van der Waals surface area contributed by atoms with Crippen molar-refractivity contribution in [3.8, 4) is 0 Å². The average Bonchev–Trinajstić information content (AvgIpc) is 2.68. The number of carbonyl (C=O) groups is 4. The van der Waals surface area contributed by atoms with Crippen LogP contribution in [0.4, 0.5) is 9.59 Å². The van der Waals surface area contributed by atoms with Gasteiger partial charge in [-0.15, -0.1) is 0 Å². The molecule has 36 heavy (non-hydrogen) atoms. The molecule has 3 amide bonds. The predicted octanol–water partition coefficient (Wildman–Crippen LogP) is 3.67. The summed E-state index contributed by atoms with van der Waals surface area (Å²) in [5.41, 5.74) is -1.37. The summed E-state index contributed by atoms with van der Waals surface area (Å²) < 4.78 is 10.4. The van der Waals surface area contributed by atoms with Crippen LogP contribution in [0.5, 0.6) is 0 Å². The van der Waals surface area contributed by atoms with Crippen LogP contribution in [-0.4, -0.2) is 65.3 Å². The van der Waals surface area contributed by atoms with Crippen molar-refractivity contribution >= 4 is 40.9 Å². The summed E-state index contributed by atoms with van der Waals surface area (Å²) in [5, 5.41) is 18.4. The number of rotatable bonds is 13. The molecule has 0 spiro atoms. The summed E-state index contributed by atoms with van der Waals surface area (Å²) in [5.74, 6) is 0.282. The quantitative estimate of drug-likeness (QED) is 0.137. The van der Waals surface area contributed by atoms with Crippen LogP contribution in [0.15, 0.2) is 0 Å². The number of guanidine groups is 1. The number of nitrogens with one attached hydrogen (secondary N) is 5. The van der Waals surface area contributed by atoms with Gasteiger partial charge >= 0.3 is 12.2 Å². The smallest absolute Gasteiger partial charge is 0.414 e. The number of ether oxygens (including phenoxy) is 2. The lowest BCUT2D eigenvalue weighted by atomic mass is 10.1. The average molecular weight is 532 g/mol. The minimum absolute atomic E-state index is 0.122. The second kappa shape index (κ2) is 17.0. The first-order valence-corrected chi connectivity index (χ1v) is 13.3. The number of unbranched alkanes of at least 4 members (excludes halogenated alkanes) is 3.